The number of halogens is 3. The van der Waals surface area contributed by atoms with Crippen molar-refractivity contribution in [1.29, 1.82) is 0 Å². The fourth-order valence-corrected chi connectivity index (χ4v) is 2.21. The van der Waals surface area contributed by atoms with Crippen molar-refractivity contribution in [2.75, 3.05) is 11.9 Å². The van der Waals surface area contributed by atoms with Crippen LogP contribution in [0.2, 0.25) is 0 Å². The average Bonchev–Trinajstić information content (AvgIpc) is 2.78. The smallest absolute Gasteiger partial charge is 0.406 e. The summed E-state index contributed by atoms with van der Waals surface area (Å²) in [5.74, 6) is -1.48. The molecule has 2 aromatic rings. The summed E-state index contributed by atoms with van der Waals surface area (Å²) in [6, 6.07) is 4.38. The molecule has 2 N–H and O–H groups in total. The maximum Gasteiger partial charge on any atom is 0.573 e. The van der Waals surface area contributed by atoms with Gasteiger partial charge >= 0.3 is 6.36 Å². The Kier molecular flexibility index (Phi) is 5.53. The molecule has 1 aromatic heterocycles. The van der Waals surface area contributed by atoms with Crippen LogP contribution in [0.15, 0.2) is 24.3 Å². The second kappa shape index (κ2) is 7.46. The quantitative estimate of drug-likeness (QED) is 0.846. The van der Waals surface area contributed by atoms with Gasteiger partial charge in [0.05, 0.1) is 23.6 Å². The number of nitrogens with zero attached hydrogens (tertiary/aromatic N) is 2. The Labute approximate surface area is 147 Å². The summed E-state index contributed by atoms with van der Waals surface area (Å²) in [6.07, 6.45) is -4.80. The summed E-state index contributed by atoms with van der Waals surface area (Å²) in [6.45, 7) is 3.23. The second-order valence-corrected chi connectivity index (χ2v) is 5.47. The van der Waals surface area contributed by atoms with E-state index in [1.54, 1.807) is 25.6 Å². The van der Waals surface area contributed by atoms with E-state index in [2.05, 4.69) is 20.5 Å². The normalized spacial score (nSPS) is 11.2. The van der Waals surface area contributed by atoms with Gasteiger partial charge in [-0.3, -0.25) is 14.3 Å². The number of amides is 2. The molecule has 10 heteroatoms. The van der Waals surface area contributed by atoms with Gasteiger partial charge in [0.25, 0.3) is 5.91 Å². The molecule has 2 amide bonds. The largest absolute Gasteiger partial charge is 0.573 e. The van der Waals surface area contributed by atoms with Gasteiger partial charge < -0.3 is 15.4 Å². The molecule has 0 saturated heterocycles. The maximum atomic E-state index is 12.1. The van der Waals surface area contributed by atoms with Crippen LogP contribution in [0.1, 0.15) is 21.7 Å². The Morgan fingerprint density at radius 3 is 2.31 bits per heavy atom. The molecule has 1 heterocycles. The molecule has 140 valence electrons. The van der Waals surface area contributed by atoms with Gasteiger partial charge in [0.15, 0.2) is 0 Å². The summed E-state index contributed by atoms with van der Waals surface area (Å²) in [5.41, 5.74) is 2.08. The number of carbonyl (C=O) groups is 2. The van der Waals surface area contributed by atoms with E-state index in [-0.39, 0.29) is 12.1 Å². The zero-order chi connectivity index (χ0) is 19.5. The number of hydrogen-bond acceptors (Lipinski definition) is 4. The fourth-order valence-electron chi connectivity index (χ4n) is 2.21. The highest BCUT2D eigenvalue weighted by Crippen LogP contribution is 2.22. The predicted octanol–water partition coefficient (Wildman–Crippen LogP) is 2.30. The minimum atomic E-state index is -4.80. The molecule has 0 aliphatic carbocycles. The molecule has 0 atom stereocenters. The number of ether oxygens (including phenoxy) is 1. The van der Waals surface area contributed by atoms with E-state index >= 15 is 0 Å². The molecule has 1 aromatic carbocycles. The van der Waals surface area contributed by atoms with Crippen molar-refractivity contribution < 1.29 is 27.5 Å². The van der Waals surface area contributed by atoms with Crippen molar-refractivity contribution in [2.45, 2.75) is 20.2 Å². The lowest BCUT2D eigenvalue weighted by molar-refractivity contribution is -0.274. The Morgan fingerprint density at radius 2 is 1.81 bits per heavy atom. The van der Waals surface area contributed by atoms with E-state index in [1.807, 2.05) is 0 Å². The molecule has 2 rings (SSSR count). The summed E-state index contributed by atoms with van der Waals surface area (Å²) in [5, 5.41) is 9.21. The molecular weight excluding hydrogens is 353 g/mol. The molecule has 26 heavy (non-hydrogen) atoms. The predicted molar refractivity (Wildman–Crippen MR) is 86.8 cm³/mol. The van der Waals surface area contributed by atoms with E-state index in [4.69, 9.17) is 0 Å². The minimum absolute atomic E-state index is 0.0982. The SMILES string of the molecule is Cc1nn(C)c(C)c1NC(=O)CNC(=O)c1ccc(OC(F)(F)F)cc1. The number of aryl methyl sites for hydroxylation is 2. The molecule has 0 saturated carbocycles. The number of alkyl halides is 3. The Balaban J connectivity index is 1.90. The number of rotatable bonds is 5. The first-order chi connectivity index (χ1) is 12.1. The second-order valence-electron chi connectivity index (χ2n) is 5.47. The number of benzene rings is 1. The van der Waals surface area contributed by atoms with Crippen LogP contribution in [-0.2, 0) is 11.8 Å². The summed E-state index contributed by atoms with van der Waals surface area (Å²) >= 11 is 0. The third kappa shape index (κ3) is 4.98. The standard InChI is InChI=1S/C16H17F3N4O3/c1-9-14(10(2)23(3)22-9)21-13(24)8-20-15(25)11-4-6-12(7-5-11)26-16(17,18)19/h4-7H,8H2,1-3H3,(H,20,25)(H,21,24). The third-order valence-corrected chi connectivity index (χ3v) is 3.53. The molecule has 0 unspecified atom stereocenters. The number of carbonyl (C=O) groups excluding carboxylic acids is 2. The van der Waals surface area contributed by atoms with Crippen molar-refractivity contribution in [1.82, 2.24) is 15.1 Å². The third-order valence-electron chi connectivity index (χ3n) is 3.53. The van der Waals surface area contributed by atoms with Crippen molar-refractivity contribution in [3.8, 4) is 5.75 Å². The lowest BCUT2D eigenvalue weighted by Crippen LogP contribution is -2.33. The molecule has 0 radical (unpaired) electrons. The summed E-state index contributed by atoms with van der Waals surface area (Å²) in [4.78, 5) is 23.9. The summed E-state index contributed by atoms with van der Waals surface area (Å²) < 4.78 is 41.6. The van der Waals surface area contributed by atoms with Gasteiger partial charge in [-0.2, -0.15) is 5.10 Å². The highest BCUT2D eigenvalue weighted by molar-refractivity contribution is 5.99. The van der Waals surface area contributed by atoms with Crippen LogP contribution in [0.3, 0.4) is 0 Å². The number of anilines is 1. The van der Waals surface area contributed by atoms with Crippen molar-refractivity contribution in [3.63, 3.8) is 0 Å². The topological polar surface area (TPSA) is 85.3 Å². The van der Waals surface area contributed by atoms with Gasteiger partial charge in [0.2, 0.25) is 5.91 Å². The molecule has 0 aliphatic rings. The molecule has 7 nitrogen and oxygen atoms in total. The van der Waals surface area contributed by atoms with Crippen molar-refractivity contribution in [2.24, 2.45) is 7.05 Å². The van der Waals surface area contributed by atoms with Crippen LogP contribution in [0, 0.1) is 13.8 Å². The molecule has 0 aliphatic heterocycles. The number of hydrogen-bond donors (Lipinski definition) is 2. The molecular formula is C16H17F3N4O3. The van der Waals surface area contributed by atoms with Gasteiger partial charge in [-0.05, 0) is 38.1 Å². The van der Waals surface area contributed by atoms with E-state index in [0.717, 1.165) is 17.8 Å². The van der Waals surface area contributed by atoms with Crippen LogP contribution in [0.5, 0.6) is 5.75 Å². The molecule has 0 bridgehead atoms. The van der Waals surface area contributed by atoms with Gasteiger partial charge in [0, 0.05) is 12.6 Å². The monoisotopic (exact) mass is 370 g/mol. The van der Waals surface area contributed by atoms with Crippen LogP contribution < -0.4 is 15.4 Å². The first-order valence-electron chi connectivity index (χ1n) is 7.51. The van der Waals surface area contributed by atoms with Crippen LogP contribution in [-0.4, -0.2) is 34.5 Å². The number of aromatic nitrogens is 2. The van der Waals surface area contributed by atoms with Gasteiger partial charge in [-0.15, -0.1) is 13.2 Å². The maximum absolute atomic E-state index is 12.1. The Hall–Kier alpha value is -3.04. The Morgan fingerprint density at radius 1 is 1.19 bits per heavy atom. The van der Waals surface area contributed by atoms with E-state index < -0.39 is 23.9 Å². The zero-order valence-electron chi connectivity index (χ0n) is 14.3. The van der Waals surface area contributed by atoms with Gasteiger partial charge in [-0.25, -0.2) is 0 Å². The first kappa shape index (κ1) is 19.3. The van der Waals surface area contributed by atoms with Crippen LogP contribution >= 0.6 is 0 Å². The molecule has 0 fully saturated rings. The highest BCUT2D eigenvalue weighted by atomic mass is 19.4. The fraction of sp³-hybridized carbons (Fsp3) is 0.312. The highest BCUT2D eigenvalue weighted by Gasteiger charge is 2.31. The van der Waals surface area contributed by atoms with E-state index in [1.165, 1.54) is 12.1 Å². The zero-order valence-corrected chi connectivity index (χ0v) is 14.3. The first-order valence-corrected chi connectivity index (χ1v) is 7.51. The van der Waals surface area contributed by atoms with Crippen LogP contribution in [0.25, 0.3) is 0 Å². The van der Waals surface area contributed by atoms with E-state index in [0.29, 0.717) is 11.4 Å². The summed E-state index contributed by atoms with van der Waals surface area (Å²) in [7, 11) is 1.74. The van der Waals surface area contributed by atoms with Gasteiger partial charge in [-0.1, -0.05) is 0 Å². The average molecular weight is 370 g/mol. The molecule has 0 spiro atoms. The van der Waals surface area contributed by atoms with Crippen molar-refractivity contribution >= 4 is 17.5 Å². The van der Waals surface area contributed by atoms with E-state index in [9.17, 15) is 22.8 Å². The van der Waals surface area contributed by atoms with Crippen molar-refractivity contribution in [3.05, 3.63) is 41.2 Å². The lowest BCUT2D eigenvalue weighted by Gasteiger charge is -2.10. The Bertz CT molecular complexity index is 813. The van der Waals surface area contributed by atoms with Crippen LogP contribution in [0.4, 0.5) is 18.9 Å². The van der Waals surface area contributed by atoms with Gasteiger partial charge in [0.1, 0.15) is 5.75 Å². The lowest BCUT2D eigenvalue weighted by atomic mass is 10.2. The minimum Gasteiger partial charge on any atom is -0.406 e. The number of nitrogens with one attached hydrogen (secondary N) is 2.